The maximum Gasteiger partial charge on any atom is 0.255 e. The topological polar surface area (TPSA) is 54.5 Å². The van der Waals surface area contributed by atoms with Gasteiger partial charge in [-0.3, -0.25) is 4.79 Å². The van der Waals surface area contributed by atoms with E-state index in [4.69, 9.17) is 4.74 Å². The lowest BCUT2D eigenvalue weighted by Crippen LogP contribution is -2.58. The number of hydrogen-bond acceptors (Lipinski definition) is 4. The summed E-state index contributed by atoms with van der Waals surface area (Å²) in [4.78, 5) is 18.6. The van der Waals surface area contributed by atoms with Crippen LogP contribution in [0.15, 0.2) is 18.3 Å². The van der Waals surface area contributed by atoms with Crippen LogP contribution in [0.1, 0.15) is 38.1 Å². The maximum atomic E-state index is 12.6. The van der Waals surface area contributed by atoms with Crippen molar-refractivity contribution in [2.75, 3.05) is 25.5 Å². The van der Waals surface area contributed by atoms with Crippen LogP contribution in [0.3, 0.4) is 0 Å². The van der Waals surface area contributed by atoms with Gasteiger partial charge in [0.1, 0.15) is 5.82 Å². The van der Waals surface area contributed by atoms with Crippen molar-refractivity contribution in [2.24, 2.45) is 0 Å². The van der Waals surface area contributed by atoms with Gasteiger partial charge in [0.15, 0.2) is 0 Å². The Morgan fingerprint density at radius 1 is 1.25 bits per heavy atom. The average Bonchev–Trinajstić information content (AvgIpc) is 2.34. The Morgan fingerprint density at radius 2 is 1.85 bits per heavy atom. The molecule has 2 rings (SSSR count). The van der Waals surface area contributed by atoms with Crippen molar-refractivity contribution >= 4 is 11.7 Å². The summed E-state index contributed by atoms with van der Waals surface area (Å²) in [6.07, 6.45) is 1.61. The van der Waals surface area contributed by atoms with Crippen molar-refractivity contribution < 1.29 is 9.53 Å². The minimum absolute atomic E-state index is 0.00426. The van der Waals surface area contributed by atoms with Crippen LogP contribution < -0.4 is 5.32 Å². The van der Waals surface area contributed by atoms with Gasteiger partial charge < -0.3 is 15.0 Å². The smallest absolute Gasteiger partial charge is 0.255 e. The highest BCUT2D eigenvalue weighted by atomic mass is 16.5. The second-order valence-electron chi connectivity index (χ2n) is 6.46. The molecule has 0 atom stereocenters. The van der Waals surface area contributed by atoms with Gasteiger partial charge in [-0.25, -0.2) is 4.98 Å². The third-order valence-corrected chi connectivity index (χ3v) is 3.25. The first-order valence-corrected chi connectivity index (χ1v) is 6.86. The summed E-state index contributed by atoms with van der Waals surface area (Å²) in [5, 5.41) is 2.94. The molecule has 110 valence electrons. The van der Waals surface area contributed by atoms with Gasteiger partial charge >= 0.3 is 0 Å². The molecule has 0 aliphatic carbocycles. The summed E-state index contributed by atoms with van der Waals surface area (Å²) < 4.78 is 5.99. The zero-order valence-electron chi connectivity index (χ0n) is 12.9. The summed E-state index contributed by atoms with van der Waals surface area (Å²) in [5.74, 6) is 0.758. The van der Waals surface area contributed by atoms with Crippen LogP contribution >= 0.6 is 0 Å². The fourth-order valence-corrected chi connectivity index (χ4v) is 2.78. The number of amides is 1. The van der Waals surface area contributed by atoms with Crippen LogP contribution in [-0.2, 0) is 4.74 Å². The first kappa shape index (κ1) is 14.8. The van der Waals surface area contributed by atoms with Crippen LogP contribution in [0.2, 0.25) is 0 Å². The molecular formula is C15H23N3O2. The number of aromatic nitrogens is 1. The van der Waals surface area contributed by atoms with E-state index < -0.39 is 0 Å². The molecule has 0 unspecified atom stereocenters. The first-order chi connectivity index (χ1) is 9.22. The number of nitrogens with one attached hydrogen (secondary N) is 1. The lowest BCUT2D eigenvalue weighted by atomic mass is 9.98. The number of morpholine rings is 1. The first-order valence-electron chi connectivity index (χ1n) is 6.86. The molecule has 1 aliphatic rings. The molecule has 1 aliphatic heterocycles. The largest absolute Gasteiger partial charge is 0.373 e. The van der Waals surface area contributed by atoms with Gasteiger partial charge in [-0.1, -0.05) is 0 Å². The van der Waals surface area contributed by atoms with Crippen LogP contribution in [0, 0.1) is 0 Å². The highest BCUT2D eigenvalue weighted by Crippen LogP contribution is 2.28. The summed E-state index contributed by atoms with van der Waals surface area (Å²) in [6, 6.07) is 3.61. The molecule has 1 fully saturated rings. The van der Waals surface area contributed by atoms with E-state index in [1.165, 1.54) is 0 Å². The normalized spacial score (nSPS) is 20.6. The number of carbonyl (C=O) groups excluding carboxylic acids is 1. The second kappa shape index (κ2) is 5.05. The summed E-state index contributed by atoms with van der Waals surface area (Å²) in [5.41, 5.74) is -0.0663. The van der Waals surface area contributed by atoms with E-state index in [9.17, 15) is 4.79 Å². The molecule has 0 aromatic carbocycles. The zero-order valence-corrected chi connectivity index (χ0v) is 12.9. The Labute approximate surface area is 120 Å². The minimum Gasteiger partial charge on any atom is -0.373 e. The Bertz CT molecular complexity index is 478. The fraction of sp³-hybridized carbons (Fsp3) is 0.600. The van der Waals surface area contributed by atoms with Crippen molar-refractivity contribution in [3.63, 3.8) is 0 Å². The minimum atomic E-state index is -0.338. The molecule has 5 heteroatoms. The van der Waals surface area contributed by atoms with E-state index in [2.05, 4.69) is 10.3 Å². The quantitative estimate of drug-likeness (QED) is 0.900. The number of pyridine rings is 1. The van der Waals surface area contributed by atoms with Crippen LogP contribution in [0.5, 0.6) is 0 Å². The molecule has 0 spiro atoms. The van der Waals surface area contributed by atoms with E-state index >= 15 is 0 Å². The van der Waals surface area contributed by atoms with E-state index in [0.29, 0.717) is 18.7 Å². The Kier molecular flexibility index (Phi) is 3.73. The van der Waals surface area contributed by atoms with Crippen molar-refractivity contribution in [3.8, 4) is 0 Å². The Balaban J connectivity index is 2.19. The van der Waals surface area contributed by atoms with Crippen molar-refractivity contribution in [3.05, 3.63) is 23.9 Å². The number of hydrogen-bond donors (Lipinski definition) is 1. The summed E-state index contributed by atoms with van der Waals surface area (Å²) >= 11 is 0. The third-order valence-electron chi connectivity index (χ3n) is 3.25. The molecule has 1 aromatic heterocycles. The van der Waals surface area contributed by atoms with Gasteiger partial charge in [-0.2, -0.15) is 0 Å². The molecule has 2 heterocycles. The van der Waals surface area contributed by atoms with Crippen LogP contribution in [-0.4, -0.2) is 47.1 Å². The predicted molar refractivity (Wildman–Crippen MR) is 78.9 cm³/mol. The zero-order chi connectivity index (χ0) is 15.0. The lowest BCUT2D eigenvalue weighted by Gasteiger charge is -2.47. The molecule has 1 N–H and O–H groups in total. The van der Waals surface area contributed by atoms with Gasteiger partial charge in [-0.15, -0.1) is 0 Å². The fourth-order valence-electron chi connectivity index (χ4n) is 2.78. The highest BCUT2D eigenvalue weighted by molar-refractivity contribution is 5.94. The van der Waals surface area contributed by atoms with Crippen molar-refractivity contribution in [1.29, 1.82) is 0 Å². The van der Waals surface area contributed by atoms with E-state index in [-0.39, 0.29) is 17.1 Å². The average molecular weight is 277 g/mol. The Hall–Kier alpha value is -1.62. The molecule has 5 nitrogen and oxygen atoms in total. The number of carbonyl (C=O) groups is 1. The molecule has 0 saturated carbocycles. The highest BCUT2D eigenvalue weighted by Gasteiger charge is 2.40. The predicted octanol–water partition coefficient (Wildman–Crippen LogP) is 2.15. The molecular weight excluding hydrogens is 254 g/mol. The number of rotatable bonds is 2. The second-order valence-corrected chi connectivity index (χ2v) is 6.46. The molecule has 1 saturated heterocycles. The third kappa shape index (κ3) is 3.28. The van der Waals surface area contributed by atoms with E-state index in [1.807, 2.05) is 38.7 Å². The van der Waals surface area contributed by atoms with Gasteiger partial charge in [-0.05, 0) is 39.8 Å². The molecule has 1 amide bonds. The maximum absolute atomic E-state index is 12.6. The molecule has 0 radical (unpaired) electrons. The number of ether oxygens (including phenoxy) is 1. The van der Waals surface area contributed by atoms with Crippen LogP contribution in [0.4, 0.5) is 5.82 Å². The Morgan fingerprint density at radius 3 is 2.30 bits per heavy atom. The SMILES string of the molecule is CNc1ccc(C(=O)N2CC(C)(C)OC(C)(C)C2)cn1. The summed E-state index contributed by atoms with van der Waals surface area (Å²) in [6.45, 7) is 9.21. The lowest BCUT2D eigenvalue weighted by molar-refractivity contribution is -0.171. The van der Waals surface area contributed by atoms with Gasteiger partial charge in [0, 0.05) is 26.3 Å². The van der Waals surface area contributed by atoms with E-state index in [1.54, 1.807) is 19.3 Å². The van der Waals surface area contributed by atoms with Crippen LogP contribution in [0.25, 0.3) is 0 Å². The van der Waals surface area contributed by atoms with Crippen molar-refractivity contribution in [1.82, 2.24) is 9.88 Å². The number of anilines is 1. The summed E-state index contributed by atoms with van der Waals surface area (Å²) in [7, 11) is 1.80. The van der Waals surface area contributed by atoms with Crippen molar-refractivity contribution in [2.45, 2.75) is 38.9 Å². The molecule has 1 aromatic rings. The molecule has 0 bridgehead atoms. The number of nitrogens with zero attached hydrogens (tertiary/aromatic N) is 2. The van der Waals surface area contributed by atoms with Gasteiger partial charge in [0.05, 0.1) is 16.8 Å². The van der Waals surface area contributed by atoms with E-state index in [0.717, 1.165) is 5.82 Å². The van der Waals surface area contributed by atoms with Gasteiger partial charge in [0.25, 0.3) is 5.91 Å². The molecule has 20 heavy (non-hydrogen) atoms. The monoisotopic (exact) mass is 277 g/mol. The van der Waals surface area contributed by atoms with Gasteiger partial charge in [0.2, 0.25) is 0 Å². The standard InChI is InChI=1S/C15H23N3O2/c1-14(2)9-18(10-15(3,4)20-14)13(19)11-6-7-12(16-5)17-8-11/h6-8H,9-10H2,1-5H3,(H,16,17).